The van der Waals surface area contributed by atoms with E-state index in [0.717, 1.165) is 42.0 Å². The predicted octanol–water partition coefficient (Wildman–Crippen LogP) is 5.02. The average molecular weight is 483 g/mol. The number of benzene rings is 3. The largest absolute Gasteiger partial charge is 0.417 e. The van der Waals surface area contributed by atoms with Crippen LogP contribution in [0.2, 0.25) is 5.02 Å². The van der Waals surface area contributed by atoms with Crippen LogP contribution in [0.1, 0.15) is 16.7 Å². The molecule has 0 saturated heterocycles. The number of carbonyl (C=O) groups excluding carboxylic acids is 1. The van der Waals surface area contributed by atoms with Gasteiger partial charge in [-0.2, -0.15) is 13.2 Å². The number of aryl methyl sites for hydroxylation is 2. The second-order valence-electron chi connectivity index (χ2n) is 7.59. The van der Waals surface area contributed by atoms with Gasteiger partial charge >= 0.3 is 6.18 Å². The summed E-state index contributed by atoms with van der Waals surface area (Å²) < 4.78 is 64.9. The Morgan fingerprint density at radius 3 is 2.44 bits per heavy atom. The standard InChI is InChI=1S/C22H18ClF3N2O3S/c1-32(30,31)28(15-8-9-18(23)17(11-15)22(24,25)26)12-20(29)27-19-10-7-14-6-5-13-3-2-4-16(19)21(13)14/h2-4,7-11H,5-6,12H2,1H3,(H,27,29). The van der Waals surface area contributed by atoms with Crippen LogP contribution in [-0.2, 0) is 33.8 Å². The molecule has 0 radical (unpaired) electrons. The van der Waals surface area contributed by atoms with Crippen molar-refractivity contribution in [2.75, 3.05) is 22.4 Å². The molecular weight excluding hydrogens is 465 g/mol. The van der Waals surface area contributed by atoms with Crippen LogP contribution < -0.4 is 9.62 Å². The molecule has 3 aromatic rings. The Morgan fingerprint density at radius 1 is 1.09 bits per heavy atom. The average Bonchev–Trinajstić information content (AvgIpc) is 3.12. The van der Waals surface area contributed by atoms with Crippen molar-refractivity contribution in [3.63, 3.8) is 0 Å². The molecule has 1 N–H and O–H groups in total. The zero-order chi connectivity index (χ0) is 23.3. The van der Waals surface area contributed by atoms with E-state index in [9.17, 15) is 26.4 Å². The maximum absolute atomic E-state index is 13.2. The maximum Gasteiger partial charge on any atom is 0.417 e. The van der Waals surface area contributed by atoms with E-state index in [1.807, 2.05) is 24.3 Å². The quantitative estimate of drug-likeness (QED) is 0.555. The van der Waals surface area contributed by atoms with Crippen molar-refractivity contribution in [3.05, 3.63) is 70.2 Å². The third-order valence-corrected chi connectivity index (χ3v) is 6.85. The van der Waals surface area contributed by atoms with Crippen LogP contribution in [0.4, 0.5) is 24.5 Å². The summed E-state index contributed by atoms with van der Waals surface area (Å²) in [5.74, 6) is -0.683. The molecule has 168 valence electrons. The molecule has 1 aliphatic carbocycles. The number of halogens is 4. The molecule has 4 rings (SSSR count). The Kier molecular flexibility index (Phi) is 5.58. The minimum absolute atomic E-state index is 0.306. The van der Waals surface area contributed by atoms with Gasteiger partial charge in [-0.3, -0.25) is 9.10 Å². The van der Waals surface area contributed by atoms with Gasteiger partial charge in [0.25, 0.3) is 0 Å². The lowest BCUT2D eigenvalue weighted by atomic mass is 10.0. The van der Waals surface area contributed by atoms with Crippen molar-refractivity contribution in [1.82, 2.24) is 0 Å². The molecule has 0 saturated carbocycles. The number of anilines is 2. The first kappa shape index (κ1) is 22.4. The van der Waals surface area contributed by atoms with Gasteiger partial charge in [0.1, 0.15) is 6.54 Å². The second-order valence-corrected chi connectivity index (χ2v) is 9.91. The molecular formula is C22H18ClF3N2O3S. The highest BCUT2D eigenvalue weighted by molar-refractivity contribution is 7.92. The minimum Gasteiger partial charge on any atom is -0.324 e. The van der Waals surface area contributed by atoms with Crippen molar-refractivity contribution >= 4 is 49.7 Å². The van der Waals surface area contributed by atoms with E-state index in [-0.39, 0.29) is 5.69 Å². The molecule has 0 atom stereocenters. The summed E-state index contributed by atoms with van der Waals surface area (Å²) in [6.45, 7) is -0.694. The van der Waals surface area contributed by atoms with Crippen LogP contribution in [0, 0.1) is 0 Å². The molecule has 1 amide bonds. The number of amides is 1. The third kappa shape index (κ3) is 4.27. The van der Waals surface area contributed by atoms with Crippen molar-refractivity contribution < 1.29 is 26.4 Å². The number of sulfonamides is 1. The first-order chi connectivity index (χ1) is 14.9. The Bertz CT molecular complexity index is 1330. The van der Waals surface area contributed by atoms with E-state index in [1.54, 1.807) is 6.07 Å². The smallest absolute Gasteiger partial charge is 0.324 e. The number of nitrogens with one attached hydrogen (secondary N) is 1. The van der Waals surface area contributed by atoms with Crippen LogP contribution in [0.25, 0.3) is 10.8 Å². The fourth-order valence-electron chi connectivity index (χ4n) is 3.96. The summed E-state index contributed by atoms with van der Waals surface area (Å²) in [7, 11) is -4.06. The molecule has 0 unspecified atom stereocenters. The van der Waals surface area contributed by atoms with Gasteiger partial charge in [0.2, 0.25) is 15.9 Å². The molecule has 0 fully saturated rings. The number of carbonyl (C=O) groups is 1. The lowest BCUT2D eigenvalue weighted by Gasteiger charge is -2.23. The van der Waals surface area contributed by atoms with Crippen LogP contribution in [-0.4, -0.2) is 27.1 Å². The number of alkyl halides is 3. The van der Waals surface area contributed by atoms with Crippen molar-refractivity contribution in [2.45, 2.75) is 19.0 Å². The molecule has 0 bridgehead atoms. The van der Waals surface area contributed by atoms with E-state index in [2.05, 4.69) is 5.32 Å². The van der Waals surface area contributed by atoms with Gasteiger partial charge in [-0.25, -0.2) is 8.42 Å². The molecule has 5 nitrogen and oxygen atoms in total. The summed E-state index contributed by atoms with van der Waals surface area (Å²) in [5, 5.41) is 4.04. The van der Waals surface area contributed by atoms with Gasteiger partial charge in [0.05, 0.1) is 22.5 Å². The molecule has 0 heterocycles. The van der Waals surface area contributed by atoms with E-state index in [0.29, 0.717) is 16.1 Å². The Hall–Kier alpha value is -2.78. The van der Waals surface area contributed by atoms with Gasteiger partial charge in [-0.05, 0) is 53.6 Å². The van der Waals surface area contributed by atoms with Gasteiger partial charge in [-0.15, -0.1) is 0 Å². The first-order valence-electron chi connectivity index (χ1n) is 9.63. The van der Waals surface area contributed by atoms with Gasteiger partial charge in [-0.1, -0.05) is 35.9 Å². The second kappa shape index (κ2) is 7.97. The third-order valence-electron chi connectivity index (χ3n) is 5.38. The Labute approximate surface area is 187 Å². The van der Waals surface area contributed by atoms with Crippen LogP contribution in [0.5, 0.6) is 0 Å². The van der Waals surface area contributed by atoms with Gasteiger partial charge in [0.15, 0.2) is 0 Å². The zero-order valence-electron chi connectivity index (χ0n) is 16.8. The lowest BCUT2D eigenvalue weighted by Crippen LogP contribution is -2.37. The summed E-state index contributed by atoms with van der Waals surface area (Å²) in [4.78, 5) is 12.8. The highest BCUT2D eigenvalue weighted by Crippen LogP contribution is 2.38. The number of nitrogens with zero attached hydrogens (tertiary/aromatic N) is 1. The van der Waals surface area contributed by atoms with E-state index in [4.69, 9.17) is 11.6 Å². The van der Waals surface area contributed by atoms with Crippen molar-refractivity contribution in [2.24, 2.45) is 0 Å². The highest BCUT2D eigenvalue weighted by atomic mass is 35.5. The summed E-state index contributed by atoms with van der Waals surface area (Å²) in [6, 6.07) is 12.1. The molecule has 10 heteroatoms. The van der Waals surface area contributed by atoms with Crippen molar-refractivity contribution in [1.29, 1.82) is 0 Å². The first-order valence-corrected chi connectivity index (χ1v) is 11.9. The lowest BCUT2D eigenvalue weighted by molar-refractivity contribution is -0.137. The predicted molar refractivity (Wildman–Crippen MR) is 119 cm³/mol. The number of rotatable bonds is 5. The molecule has 0 spiro atoms. The fourth-order valence-corrected chi connectivity index (χ4v) is 5.03. The monoisotopic (exact) mass is 482 g/mol. The Morgan fingerprint density at radius 2 is 1.78 bits per heavy atom. The van der Waals surface area contributed by atoms with Crippen molar-refractivity contribution in [3.8, 4) is 0 Å². The normalized spacial score (nSPS) is 13.4. The zero-order valence-corrected chi connectivity index (χ0v) is 18.4. The number of hydrogen-bond donors (Lipinski definition) is 1. The van der Waals surface area contributed by atoms with Gasteiger partial charge in [0, 0.05) is 11.1 Å². The number of hydrogen-bond acceptors (Lipinski definition) is 3. The van der Waals surface area contributed by atoms with E-state index >= 15 is 0 Å². The maximum atomic E-state index is 13.2. The van der Waals surface area contributed by atoms with Gasteiger partial charge < -0.3 is 5.32 Å². The molecule has 0 aromatic heterocycles. The fraction of sp³-hybridized carbons (Fsp3) is 0.227. The highest BCUT2D eigenvalue weighted by Gasteiger charge is 2.34. The summed E-state index contributed by atoms with van der Waals surface area (Å²) >= 11 is 5.63. The van der Waals surface area contributed by atoms with Crippen LogP contribution >= 0.6 is 11.6 Å². The Balaban J connectivity index is 1.65. The van der Waals surface area contributed by atoms with Crippen LogP contribution in [0.15, 0.2) is 48.5 Å². The summed E-state index contributed by atoms with van der Waals surface area (Å²) in [6.07, 6.45) is -2.14. The minimum atomic E-state index is -4.77. The van der Waals surface area contributed by atoms with Crippen LogP contribution in [0.3, 0.4) is 0 Å². The topological polar surface area (TPSA) is 66.5 Å². The molecule has 3 aromatic carbocycles. The summed E-state index contributed by atoms with van der Waals surface area (Å²) in [5.41, 5.74) is 1.37. The molecule has 1 aliphatic rings. The van der Waals surface area contributed by atoms with E-state index in [1.165, 1.54) is 11.1 Å². The molecule has 32 heavy (non-hydrogen) atoms. The van der Waals surface area contributed by atoms with E-state index < -0.39 is 39.2 Å². The SMILES string of the molecule is CS(=O)(=O)N(CC(=O)Nc1ccc2c3c(cccc13)CC2)c1ccc(Cl)c(C(F)(F)F)c1. The molecule has 0 aliphatic heterocycles.